The second-order valence-electron chi connectivity index (χ2n) is 3.55. The fourth-order valence-corrected chi connectivity index (χ4v) is 1.60. The first-order chi connectivity index (χ1) is 8.24. The molecule has 0 saturated carbocycles. The first kappa shape index (κ1) is 9.71. The second kappa shape index (κ2) is 3.51. The van der Waals surface area contributed by atoms with Crippen molar-refractivity contribution in [1.82, 2.24) is 19.6 Å². The van der Waals surface area contributed by atoms with Gasteiger partial charge in [-0.15, -0.1) is 5.10 Å². The Kier molecular flexibility index (Phi) is 2.01. The summed E-state index contributed by atoms with van der Waals surface area (Å²) in [5.74, 6) is 0.0471. The molecule has 3 heterocycles. The number of fused-ring (bicyclic) bond motifs is 1. The maximum absolute atomic E-state index is 13.1. The summed E-state index contributed by atoms with van der Waals surface area (Å²) in [6, 6.07) is 4.78. The lowest BCUT2D eigenvalue weighted by molar-refractivity contribution is 0.615. The number of hydrogen-bond acceptors (Lipinski definition) is 4. The second-order valence-corrected chi connectivity index (χ2v) is 3.55. The average molecular weight is 229 g/mol. The van der Waals surface area contributed by atoms with Gasteiger partial charge in [0, 0.05) is 24.0 Å². The van der Waals surface area contributed by atoms with Crippen molar-refractivity contribution in [3.63, 3.8) is 0 Å². The van der Waals surface area contributed by atoms with Crippen LogP contribution in [0.2, 0.25) is 0 Å². The number of nitrogens with two attached hydrogens (primary N) is 1. The van der Waals surface area contributed by atoms with Gasteiger partial charge in [0.15, 0.2) is 11.5 Å². The van der Waals surface area contributed by atoms with Crippen LogP contribution in [0.15, 0.2) is 36.8 Å². The Morgan fingerprint density at radius 2 is 2.00 bits per heavy atom. The Bertz CT molecular complexity index is 677. The molecule has 0 saturated heterocycles. The van der Waals surface area contributed by atoms with E-state index in [1.165, 1.54) is 16.8 Å². The molecule has 3 aromatic heterocycles. The number of halogens is 1. The molecule has 5 nitrogen and oxygen atoms in total. The Hall–Kier alpha value is -2.50. The van der Waals surface area contributed by atoms with Gasteiger partial charge in [0.2, 0.25) is 0 Å². The predicted octanol–water partition coefficient (Wildman–Crippen LogP) is 1.51. The van der Waals surface area contributed by atoms with E-state index in [2.05, 4.69) is 15.1 Å². The molecule has 0 aliphatic carbocycles. The van der Waals surface area contributed by atoms with Gasteiger partial charge in [0.25, 0.3) is 0 Å². The van der Waals surface area contributed by atoms with E-state index in [9.17, 15) is 4.39 Å². The summed E-state index contributed by atoms with van der Waals surface area (Å²) in [5, 5.41) is 4.16. The maximum atomic E-state index is 13.1. The van der Waals surface area contributed by atoms with Crippen LogP contribution in [0.5, 0.6) is 0 Å². The molecule has 3 rings (SSSR count). The summed E-state index contributed by atoms with van der Waals surface area (Å²) in [6.07, 6.45) is 4.53. The third kappa shape index (κ3) is 1.59. The van der Waals surface area contributed by atoms with Crippen molar-refractivity contribution in [2.24, 2.45) is 0 Å². The molecule has 2 N–H and O–H groups in total. The largest absolute Gasteiger partial charge is 0.396 e. The van der Waals surface area contributed by atoms with Gasteiger partial charge in [0.05, 0.1) is 11.9 Å². The molecular formula is C11H8FN5. The van der Waals surface area contributed by atoms with Crippen molar-refractivity contribution in [1.29, 1.82) is 0 Å². The molecule has 17 heavy (non-hydrogen) atoms. The molecule has 0 fully saturated rings. The van der Waals surface area contributed by atoms with Gasteiger partial charge in [-0.1, -0.05) is 0 Å². The number of rotatable bonds is 1. The van der Waals surface area contributed by atoms with E-state index in [0.29, 0.717) is 11.5 Å². The molecule has 84 valence electrons. The summed E-state index contributed by atoms with van der Waals surface area (Å²) in [7, 11) is 0. The molecule has 0 aromatic carbocycles. The minimum Gasteiger partial charge on any atom is -0.396 e. The normalized spacial score (nSPS) is 10.9. The molecule has 3 aromatic rings. The lowest BCUT2D eigenvalue weighted by Crippen LogP contribution is -1.95. The highest BCUT2D eigenvalue weighted by Crippen LogP contribution is 2.18. The van der Waals surface area contributed by atoms with E-state index in [1.54, 1.807) is 24.5 Å². The van der Waals surface area contributed by atoms with Gasteiger partial charge in [-0.25, -0.2) is 13.9 Å². The summed E-state index contributed by atoms with van der Waals surface area (Å²) in [4.78, 5) is 8.17. The quantitative estimate of drug-likeness (QED) is 0.686. The van der Waals surface area contributed by atoms with Crippen LogP contribution in [0.4, 0.5) is 10.1 Å². The zero-order chi connectivity index (χ0) is 11.8. The fraction of sp³-hybridized carbons (Fsp3) is 0. The van der Waals surface area contributed by atoms with Crippen molar-refractivity contribution in [2.75, 3.05) is 5.73 Å². The van der Waals surface area contributed by atoms with E-state index in [1.807, 2.05) is 0 Å². The number of aromatic nitrogens is 4. The van der Waals surface area contributed by atoms with Gasteiger partial charge in [-0.05, 0) is 12.1 Å². The van der Waals surface area contributed by atoms with Crippen molar-refractivity contribution in [2.45, 2.75) is 0 Å². The summed E-state index contributed by atoms with van der Waals surface area (Å²) in [5.41, 5.74) is 7.19. The maximum Gasteiger partial charge on any atom is 0.182 e. The van der Waals surface area contributed by atoms with E-state index in [4.69, 9.17) is 5.73 Å². The monoisotopic (exact) mass is 229 g/mol. The van der Waals surface area contributed by atoms with E-state index >= 15 is 0 Å². The zero-order valence-corrected chi connectivity index (χ0v) is 8.71. The van der Waals surface area contributed by atoms with Crippen LogP contribution in [0.1, 0.15) is 0 Å². The van der Waals surface area contributed by atoms with Crippen LogP contribution in [0.3, 0.4) is 0 Å². The average Bonchev–Trinajstić information content (AvgIpc) is 2.74. The van der Waals surface area contributed by atoms with Gasteiger partial charge >= 0.3 is 0 Å². The Balaban J connectivity index is 2.24. The van der Waals surface area contributed by atoms with Crippen molar-refractivity contribution in [3.05, 3.63) is 42.6 Å². The van der Waals surface area contributed by atoms with Crippen LogP contribution in [0.25, 0.3) is 17.0 Å². The molecule has 0 atom stereocenters. The minimum atomic E-state index is -0.443. The molecule has 0 spiro atoms. The molecule has 0 aliphatic rings. The lowest BCUT2D eigenvalue weighted by Gasteiger charge is -1.95. The van der Waals surface area contributed by atoms with Crippen molar-refractivity contribution in [3.8, 4) is 11.4 Å². The van der Waals surface area contributed by atoms with Gasteiger partial charge < -0.3 is 5.73 Å². The highest BCUT2D eigenvalue weighted by molar-refractivity contribution is 5.67. The van der Waals surface area contributed by atoms with Crippen LogP contribution in [-0.4, -0.2) is 19.6 Å². The molecule has 6 heteroatoms. The van der Waals surface area contributed by atoms with Crippen LogP contribution < -0.4 is 5.73 Å². The summed E-state index contributed by atoms with van der Waals surface area (Å²) < 4.78 is 14.5. The number of nitrogens with zero attached hydrogens (tertiary/aromatic N) is 4. The van der Waals surface area contributed by atoms with Gasteiger partial charge in [-0.2, -0.15) is 0 Å². The molecular weight excluding hydrogens is 221 g/mol. The number of hydrogen-bond donors (Lipinski definition) is 1. The lowest BCUT2D eigenvalue weighted by atomic mass is 10.2. The third-order valence-electron chi connectivity index (χ3n) is 2.37. The number of anilines is 1. The Morgan fingerprint density at radius 3 is 2.76 bits per heavy atom. The van der Waals surface area contributed by atoms with E-state index < -0.39 is 5.82 Å². The topological polar surface area (TPSA) is 69.1 Å². The van der Waals surface area contributed by atoms with Crippen molar-refractivity contribution < 1.29 is 4.39 Å². The van der Waals surface area contributed by atoms with Gasteiger partial charge in [-0.3, -0.25) is 4.98 Å². The minimum absolute atomic E-state index is 0.262. The zero-order valence-electron chi connectivity index (χ0n) is 8.71. The Labute approximate surface area is 95.7 Å². The highest BCUT2D eigenvalue weighted by atomic mass is 19.1. The SMILES string of the molecule is Nc1cc(F)cn2nc(-c3ccncc3)nc12. The number of pyridine rings is 2. The first-order valence-corrected chi connectivity index (χ1v) is 4.96. The summed E-state index contributed by atoms with van der Waals surface area (Å²) in [6.45, 7) is 0. The van der Waals surface area contributed by atoms with Crippen molar-refractivity contribution >= 4 is 11.3 Å². The Morgan fingerprint density at radius 1 is 1.24 bits per heavy atom. The standard InChI is InChI=1S/C11H8FN5/c12-8-5-9(13)11-15-10(16-17(11)6-8)7-1-3-14-4-2-7/h1-6H,13H2. The molecule has 0 unspecified atom stereocenters. The molecule has 0 radical (unpaired) electrons. The van der Waals surface area contributed by atoms with Crippen LogP contribution in [0, 0.1) is 5.82 Å². The summed E-state index contributed by atoms with van der Waals surface area (Å²) >= 11 is 0. The third-order valence-corrected chi connectivity index (χ3v) is 2.37. The predicted molar refractivity (Wildman–Crippen MR) is 60.6 cm³/mol. The van der Waals surface area contributed by atoms with E-state index in [0.717, 1.165) is 5.56 Å². The fourth-order valence-electron chi connectivity index (χ4n) is 1.60. The smallest absolute Gasteiger partial charge is 0.182 e. The molecule has 0 amide bonds. The first-order valence-electron chi connectivity index (χ1n) is 4.96. The van der Waals surface area contributed by atoms with E-state index in [-0.39, 0.29) is 5.69 Å². The van der Waals surface area contributed by atoms with Gasteiger partial charge in [0.1, 0.15) is 5.82 Å². The van der Waals surface area contributed by atoms with Crippen LogP contribution >= 0.6 is 0 Å². The molecule has 0 bridgehead atoms. The number of nitrogen functional groups attached to an aromatic ring is 1. The highest BCUT2D eigenvalue weighted by Gasteiger charge is 2.09. The molecule has 0 aliphatic heterocycles. The van der Waals surface area contributed by atoms with Crippen LogP contribution in [-0.2, 0) is 0 Å².